The van der Waals surface area contributed by atoms with E-state index in [4.69, 9.17) is 9.15 Å². The van der Waals surface area contributed by atoms with Crippen LogP contribution in [0.4, 0.5) is 18.9 Å². The second-order valence-corrected chi connectivity index (χ2v) is 7.70. The molecule has 1 saturated carbocycles. The molecule has 3 aromatic rings. The summed E-state index contributed by atoms with van der Waals surface area (Å²) < 4.78 is 48.9. The molecule has 0 saturated heterocycles. The van der Waals surface area contributed by atoms with Crippen molar-refractivity contribution < 1.29 is 36.7 Å². The van der Waals surface area contributed by atoms with E-state index in [-0.39, 0.29) is 29.0 Å². The highest BCUT2D eigenvalue weighted by Crippen LogP contribution is 2.32. The predicted molar refractivity (Wildman–Crippen MR) is 115 cm³/mol. The number of nitrogens with one attached hydrogen (secondary N) is 2. The second-order valence-electron chi connectivity index (χ2n) is 7.70. The molecule has 0 aliphatic heterocycles. The molecule has 1 heterocycles. The molecule has 4 rings (SSSR count). The van der Waals surface area contributed by atoms with E-state index in [1.165, 1.54) is 30.3 Å². The number of carbonyl (C=O) groups excluding carboxylic acids is 3. The van der Waals surface area contributed by atoms with Crippen LogP contribution in [0.2, 0.25) is 0 Å². The molecule has 2 N–H and O–H groups in total. The van der Waals surface area contributed by atoms with Crippen LogP contribution in [0.5, 0.6) is 0 Å². The summed E-state index contributed by atoms with van der Waals surface area (Å²) in [4.78, 5) is 36.5. The zero-order chi connectivity index (χ0) is 24.3. The maximum atomic E-state index is 12.9. The van der Waals surface area contributed by atoms with Gasteiger partial charge < -0.3 is 19.8 Å². The first-order valence-electron chi connectivity index (χ1n) is 10.3. The Morgan fingerprint density at radius 1 is 1.00 bits per heavy atom. The highest BCUT2D eigenvalue weighted by atomic mass is 19.4. The monoisotopic (exact) mass is 472 g/mol. The molecular weight excluding hydrogens is 453 g/mol. The van der Waals surface area contributed by atoms with Crippen molar-refractivity contribution in [2.45, 2.75) is 25.1 Å². The summed E-state index contributed by atoms with van der Waals surface area (Å²) in [5, 5.41) is 5.38. The first kappa shape index (κ1) is 23.1. The number of esters is 1. The fraction of sp³-hybridized carbons (Fsp3) is 0.208. The van der Waals surface area contributed by atoms with Crippen molar-refractivity contribution in [2.24, 2.45) is 0 Å². The number of ether oxygens (including phenoxy) is 1. The topological polar surface area (TPSA) is 97.6 Å². The summed E-state index contributed by atoms with van der Waals surface area (Å²) >= 11 is 0. The molecule has 10 heteroatoms. The molecule has 7 nitrogen and oxygen atoms in total. The zero-order valence-electron chi connectivity index (χ0n) is 17.6. The molecule has 34 heavy (non-hydrogen) atoms. The average molecular weight is 472 g/mol. The Morgan fingerprint density at radius 3 is 2.50 bits per heavy atom. The molecule has 2 aromatic carbocycles. The van der Waals surface area contributed by atoms with Gasteiger partial charge in [0.2, 0.25) is 5.76 Å². The molecule has 2 amide bonds. The van der Waals surface area contributed by atoms with E-state index >= 15 is 0 Å². The van der Waals surface area contributed by atoms with E-state index in [1.807, 2.05) is 0 Å². The normalized spacial score (nSPS) is 13.3. The van der Waals surface area contributed by atoms with Crippen LogP contribution in [0, 0.1) is 0 Å². The van der Waals surface area contributed by atoms with Gasteiger partial charge in [0.1, 0.15) is 5.76 Å². The Morgan fingerprint density at radius 2 is 1.76 bits per heavy atom. The number of amides is 2. The van der Waals surface area contributed by atoms with Crippen LogP contribution in [-0.2, 0) is 15.7 Å². The number of benzene rings is 2. The number of halogens is 3. The van der Waals surface area contributed by atoms with Crippen molar-refractivity contribution in [2.75, 3.05) is 11.9 Å². The SMILES string of the molecule is O=C(COC(=O)c1ccc(-c2cccc(C(F)(F)F)c2)o1)Nc1cccc(C(=O)NC2CC2)c1. The van der Waals surface area contributed by atoms with Crippen LogP contribution < -0.4 is 10.6 Å². The van der Waals surface area contributed by atoms with Gasteiger partial charge in [-0.05, 0) is 55.3 Å². The highest BCUT2D eigenvalue weighted by Gasteiger charge is 2.30. The summed E-state index contributed by atoms with van der Waals surface area (Å²) in [7, 11) is 0. The molecule has 1 aliphatic carbocycles. The van der Waals surface area contributed by atoms with Crippen LogP contribution in [-0.4, -0.2) is 30.4 Å². The minimum Gasteiger partial charge on any atom is -0.450 e. The maximum absolute atomic E-state index is 12.9. The number of carbonyl (C=O) groups is 3. The van der Waals surface area contributed by atoms with E-state index in [0.717, 1.165) is 25.0 Å². The van der Waals surface area contributed by atoms with Crippen LogP contribution in [0.3, 0.4) is 0 Å². The van der Waals surface area contributed by atoms with Gasteiger partial charge in [-0.25, -0.2) is 4.79 Å². The van der Waals surface area contributed by atoms with Crippen molar-refractivity contribution in [3.05, 3.63) is 77.6 Å². The lowest BCUT2D eigenvalue weighted by molar-refractivity contribution is -0.137. The first-order valence-corrected chi connectivity index (χ1v) is 10.3. The molecule has 0 atom stereocenters. The molecule has 1 aliphatic rings. The van der Waals surface area contributed by atoms with Gasteiger partial charge in [0.05, 0.1) is 5.56 Å². The number of rotatable bonds is 7. The summed E-state index contributed by atoms with van der Waals surface area (Å²) in [6.07, 6.45) is -2.62. The third-order valence-corrected chi connectivity index (χ3v) is 4.94. The highest BCUT2D eigenvalue weighted by molar-refractivity contribution is 5.98. The quantitative estimate of drug-likeness (QED) is 0.488. The number of anilines is 1. The molecular formula is C24H19F3N2O5. The van der Waals surface area contributed by atoms with E-state index in [9.17, 15) is 27.6 Å². The van der Waals surface area contributed by atoms with Crippen molar-refractivity contribution in [3.8, 4) is 11.3 Å². The lowest BCUT2D eigenvalue weighted by Crippen LogP contribution is -2.25. The Kier molecular flexibility index (Phi) is 6.40. The van der Waals surface area contributed by atoms with Crippen LogP contribution in [0.15, 0.2) is 65.1 Å². The largest absolute Gasteiger partial charge is 0.450 e. The van der Waals surface area contributed by atoms with Gasteiger partial charge in [-0.15, -0.1) is 0 Å². The van der Waals surface area contributed by atoms with Crippen molar-refractivity contribution in [3.63, 3.8) is 0 Å². The fourth-order valence-electron chi connectivity index (χ4n) is 3.09. The number of alkyl halides is 3. The summed E-state index contributed by atoms with van der Waals surface area (Å²) in [6, 6.07) is 13.6. The van der Waals surface area contributed by atoms with E-state index < -0.39 is 30.2 Å². The minimum absolute atomic E-state index is 0.0452. The van der Waals surface area contributed by atoms with Crippen molar-refractivity contribution in [1.29, 1.82) is 0 Å². The van der Waals surface area contributed by atoms with Gasteiger partial charge in [-0.1, -0.05) is 18.2 Å². The van der Waals surface area contributed by atoms with Crippen LogP contribution in [0.25, 0.3) is 11.3 Å². The Hall–Kier alpha value is -4.08. The molecule has 1 fully saturated rings. The summed E-state index contributed by atoms with van der Waals surface area (Å²) in [6.45, 7) is -0.628. The van der Waals surface area contributed by atoms with Crippen molar-refractivity contribution in [1.82, 2.24) is 5.32 Å². The van der Waals surface area contributed by atoms with Gasteiger partial charge in [-0.3, -0.25) is 9.59 Å². The standard InChI is InChI=1S/C24H19F3N2O5/c25-24(26,27)16-5-1-3-14(11-16)19-9-10-20(34-19)23(32)33-13-21(30)28-18-6-2-4-15(12-18)22(31)29-17-7-8-17/h1-6,9-12,17H,7-8,13H2,(H,28,30)(H,29,31). The summed E-state index contributed by atoms with van der Waals surface area (Å²) in [5.41, 5.74) is 0.0299. The Bertz CT molecular complexity index is 1230. The molecule has 0 radical (unpaired) electrons. The number of hydrogen-bond donors (Lipinski definition) is 2. The number of furan rings is 1. The average Bonchev–Trinajstić information content (AvgIpc) is 3.48. The van der Waals surface area contributed by atoms with E-state index in [0.29, 0.717) is 11.3 Å². The minimum atomic E-state index is -4.52. The van der Waals surface area contributed by atoms with Gasteiger partial charge in [0.15, 0.2) is 6.61 Å². The Balaban J connectivity index is 1.32. The Labute approximate surface area is 191 Å². The van der Waals surface area contributed by atoms with Gasteiger partial charge >= 0.3 is 12.1 Å². The molecule has 176 valence electrons. The number of hydrogen-bond acceptors (Lipinski definition) is 5. The van der Waals surface area contributed by atoms with Gasteiger partial charge in [0, 0.05) is 22.9 Å². The smallest absolute Gasteiger partial charge is 0.416 e. The third kappa shape index (κ3) is 5.83. The molecule has 0 unspecified atom stereocenters. The lowest BCUT2D eigenvalue weighted by Gasteiger charge is -2.08. The predicted octanol–water partition coefficient (Wildman–Crippen LogP) is 4.65. The van der Waals surface area contributed by atoms with E-state index in [1.54, 1.807) is 18.2 Å². The molecule has 0 spiro atoms. The maximum Gasteiger partial charge on any atom is 0.416 e. The third-order valence-electron chi connectivity index (χ3n) is 4.94. The van der Waals surface area contributed by atoms with Gasteiger partial charge in [0.25, 0.3) is 11.8 Å². The van der Waals surface area contributed by atoms with E-state index in [2.05, 4.69) is 10.6 Å². The van der Waals surface area contributed by atoms with Crippen LogP contribution in [0.1, 0.15) is 39.3 Å². The summed E-state index contributed by atoms with van der Waals surface area (Å²) in [5.74, 6) is -2.05. The zero-order valence-corrected chi connectivity index (χ0v) is 17.6. The van der Waals surface area contributed by atoms with Crippen LogP contribution >= 0.6 is 0 Å². The van der Waals surface area contributed by atoms with Gasteiger partial charge in [-0.2, -0.15) is 13.2 Å². The molecule has 0 bridgehead atoms. The van der Waals surface area contributed by atoms with Crippen molar-refractivity contribution >= 4 is 23.5 Å². The first-order chi connectivity index (χ1) is 16.2. The second kappa shape index (κ2) is 9.42. The lowest BCUT2D eigenvalue weighted by atomic mass is 10.1. The fourth-order valence-corrected chi connectivity index (χ4v) is 3.09. The molecule has 1 aromatic heterocycles.